The second-order valence-electron chi connectivity index (χ2n) is 3.08. The Kier molecular flexibility index (Phi) is 4.71. The van der Waals surface area contributed by atoms with Crippen molar-refractivity contribution in [3.05, 3.63) is 34.2 Å². The van der Waals surface area contributed by atoms with E-state index < -0.39 is 11.5 Å². The fourth-order valence-corrected chi connectivity index (χ4v) is 1.28. The van der Waals surface area contributed by atoms with Gasteiger partial charge < -0.3 is 10.1 Å². The second kappa shape index (κ2) is 6.05. The molecule has 0 radical (unpaired) electrons. The number of methoxy groups -OCH3 is 1. The maximum Gasteiger partial charge on any atom is 0.327 e. The summed E-state index contributed by atoms with van der Waals surface area (Å²) in [6, 6.07) is 0. The summed E-state index contributed by atoms with van der Waals surface area (Å²) in [5.74, 6) is -0.567. The van der Waals surface area contributed by atoms with E-state index in [1.807, 2.05) is 0 Å². The van der Waals surface area contributed by atoms with Gasteiger partial charge >= 0.3 is 5.97 Å². The minimum absolute atomic E-state index is 0.0225. The third kappa shape index (κ3) is 3.32. The number of nitrogens with zero attached hydrogens (tertiary/aromatic N) is 2. The van der Waals surface area contributed by atoms with E-state index in [2.05, 4.69) is 21.7 Å². The molecule has 1 heterocycles. The second-order valence-corrected chi connectivity index (χ2v) is 3.46. The van der Waals surface area contributed by atoms with E-state index >= 15 is 0 Å². The van der Waals surface area contributed by atoms with Crippen molar-refractivity contribution in [3.63, 3.8) is 0 Å². The molecule has 0 aliphatic heterocycles. The molecule has 0 aliphatic carbocycles. The topological polar surface area (TPSA) is 73.2 Å². The third-order valence-corrected chi connectivity index (χ3v) is 2.29. The van der Waals surface area contributed by atoms with Crippen LogP contribution in [0.4, 0.5) is 5.69 Å². The Morgan fingerprint density at radius 2 is 2.47 bits per heavy atom. The van der Waals surface area contributed by atoms with Crippen LogP contribution >= 0.6 is 11.6 Å². The molecule has 0 fully saturated rings. The van der Waals surface area contributed by atoms with Gasteiger partial charge in [-0.1, -0.05) is 17.7 Å². The van der Waals surface area contributed by atoms with Crippen LogP contribution in [0.1, 0.15) is 0 Å². The molecular weight excluding hydrogens is 246 g/mol. The van der Waals surface area contributed by atoms with Gasteiger partial charge in [0.05, 0.1) is 19.0 Å². The number of nitrogens with one attached hydrogen (secondary N) is 1. The van der Waals surface area contributed by atoms with Crippen LogP contribution < -0.4 is 10.9 Å². The Balaban J connectivity index is 2.98. The van der Waals surface area contributed by atoms with Gasteiger partial charge in [-0.05, 0) is 0 Å². The van der Waals surface area contributed by atoms with E-state index in [-0.39, 0.29) is 11.6 Å². The number of hydrogen-bond acceptors (Lipinski definition) is 5. The van der Waals surface area contributed by atoms with Crippen LogP contribution in [0.2, 0.25) is 5.02 Å². The van der Waals surface area contributed by atoms with Crippen molar-refractivity contribution in [1.29, 1.82) is 0 Å². The van der Waals surface area contributed by atoms with Crippen molar-refractivity contribution in [2.24, 2.45) is 0 Å². The molecule has 92 valence electrons. The van der Waals surface area contributed by atoms with Gasteiger partial charge in [-0.15, -0.1) is 6.58 Å². The molecule has 0 saturated carbocycles. The highest BCUT2D eigenvalue weighted by atomic mass is 35.5. The first-order valence-electron chi connectivity index (χ1n) is 4.77. The summed E-state index contributed by atoms with van der Waals surface area (Å²) in [5, 5.41) is 6.64. The Hall–Kier alpha value is -1.82. The van der Waals surface area contributed by atoms with E-state index in [0.717, 1.165) is 4.68 Å². The Bertz CT molecular complexity index is 484. The summed E-state index contributed by atoms with van der Waals surface area (Å²) in [6.45, 7) is 3.72. The lowest BCUT2D eigenvalue weighted by atomic mass is 10.4. The Morgan fingerprint density at radius 3 is 3.06 bits per heavy atom. The number of halogens is 1. The number of esters is 1. The molecule has 0 aromatic carbocycles. The molecule has 7 heteroatoms. The Morgan fingerprint density at radius 1 is 1.76 bits per heavy atom. The molecule has 0 atom stereocenters. The van der Waals surface area contributed by atoms with Crippen LogP contribution in [0.3, 0.4) is 0 Å². The molecule has 0 bridgehead atoms. The third-order valence-electron chi connectivity index (χ3n) is 1.93. The largest absolute Gasteiger partial charge is 0.468 e. The molecular formula is C10H12ClN3O3. The number of anilines is 1. The first kappa shape index (κ1) is 13.2. The smallest absolute Gasteiger partial charge is 0.327 e. The SMILES string of the molecule is C=CCNc1cnn(CC(=O)OC)c(=O)c1Cl. The van der Waals surface area contributed by atoms with Crippen molar-refractivity contribution in [3.8, 4) is 0 Å². The number of hydrogen-bond donors (Lipinski definition) is 1. The summed E-state index contributed by atoms with van der Waals surface area (Å²) in [6.07, 6.45) is 2.99. The lowest BCUT2D eigenvalue weighted by molar-refractivity contribution is -0.141. The average molecular weight is 258 g/mol. The maximum absolute atomic E-state index is 11.7. The lowest BCUT2D eigenvalue weighted by Gasteiger charge is -2.07. The van der Waals surface area contributed by atoms with Crippen molar-refractivity contribution in [2.75, 3.05) is 19.0 Å². The lowest BCUT2D eigenvalue weighted by Crippen LogP contribution is -2.28. The number of aromatic nitrogens is 2. The van der Waals surface area contributed by atoms with Crippen LogP contribution in [0, 0.1) is 0 Å². The van der Waals surface area contributed by atoms with Gasteiger partial charge in [0.1, 0.15) is 11.6 Å². The Labute approximate surface area is 103 Å². The highest BCUT2D eigenvalue weighted by Crippen LogP contribution is 2.14. The van der Waals surface area contributed by atoms with Gasteiger partial charge in [0.25, 0.3) is 5.56 Å². The number of carbonyl (C=O) groups is 1. The molecule has 0 amide bonds. The molecule has 0 spiro atoms. The first-order valence-corrected chi connectivity index (χ1v) is 5.15. The van der Waals surface area contributed by atoms with Gasteiger partial charge in [0.2, 0.25) is 0 Å². The molecule has 6 nitrogen and oxygen atoms in total. The zero-order chi connectivity index (χ0) is 12.8. The van der Waals surface area contributed by atoms with Crippen LogP contribution in [-0.4, -0.2) is 29.4 Å². The van der Waals surface area contributed by atoms with Gasteiger partial charge in [-0.3, -0.25) is 9.59 Å². The molecule has 1 N–H and O–H groups in total. The summed E-state index contributed by atoms with van der Waals surface area (Å²) in [4.78, 5) is 22.7. The van der Waals surface area contributed by atoms with E-state index in [4.69, 9.17) is 11.6 Å². The standard InChI is InChI=1S/C10H12ClN3O3/c1-3-4-12-7-5-13-14(6-8(15)17-2)10(16)9(7)11/h3,5,12H,1,4,6H2,2H3. The monoisotopic (exact) mass is 257 g/mol. The highest BCUT2D eigenvalue weighted by Gasteiger charge is 2.11. The minimum atomic E-state index is -0.567. The van der Waals surface area contributed by atoms with E-state index in [0.29, 0.717) is 12.2 Å². The molecule has 17 heavy (non-hydrogen) atoms. The summed E-state index contributed by atoms with van der Waals surface area (Å²) >= 11 is 5.84. The van der Waals surface area contributed by atoms with Gasteiger partial charge in [0.15, 0.2) is 0 Å². The van der Waals surface area contributed by atoms with Crippen LogP contribution in [0.25, 0.3) is 0 Å². The van der Waals surface area contributed by atoms with Crippen molar-refractivity contribution in [1.82, 2.24) is 9.78 Å². The van der Waals surface area contributed by atoms with Crippen molar-refractivity contribution >= 4 is 23.3 Å². The summed E-state index contributed by atoms with van der Waals surface area (Å²) in [5.41, 5.74) is -0.149. The fourth-order valence-electron chi connectivity index (χ4n) is 1.07. The van der Waals surface area contributed by atoms with Gasteiger partial charge in [0, 0.05) is 6.54 Å². The highest BCUT2D eigenvalue weighted by molar-refractivity contribution is 6.32. The fraction of sp³-hybridized carbons (Fsp3) is 0.300. The molecule has 0 unspecified atom stereocenters. The van der Waals surface area contributed by atoms with Crippen molar-refractivity contribution in [2.45, 2.75) is 6.54 Å². The van der Waals surface area contributed by atoms with Crippen LogP contribution in [-0.2, 0) is 16.1 Å². The van der Waals surface area contributed by atoms with Crippen molar-refractivity contribution < 1.29 is 9.53 Å². The summed E-state index contributed by atoms with van der Waals surface area (Å²) < 4.78 is 5.37. The van der Waals surface area contributed by atoms with E-state index in [1.54, 1.807) is 6.08 Å². The number of rotatable bonds is 5. The van der Waals surface area contributed by atoms with Gasteiger partial charge in [-0.2, -0.15) is 5.10 Å². The minimum Gasteiger partial charge on any atom is -0.468 e. The quantitative estimate of drug-likeness (QED) is 0.620. The zero-order valence-corrected chi connectivity index (χ0v) is 10.0. The van der Waals surface area contributed by atoms with Gasteiger partial charge in [-0.25, -0.2) is 4.68 Å². The molecule has 1 aromatic heterocycles. The number of ether oxygens (including phenoxy) is 1. The van der Waals surface area contributed by atoms with Crippen LogP contribution in [0.5, 0.6) is 0 Å². The molecule has 1 rings (SSSR count). The maximum atomic E-state index is 11.7. The molecule has 0 saturated heterocycles. The van der Waals surface area contributed by atoms with E-state index in [1.165, 1.54) is 13.3 Å². The number of carbonyl (C=O) groups excluding carboxylic acids is 1. The zero-order valence-electron chi connectivity index (χ0n) is 9.27. The normalized spacial score (nSPS) is 9.76. The van der Waals surface area contributed by atoms with Crippen LogP contribution in [0.15, 0.2) is 23.6 Å². The summed E-state index contributed by atoms with van der Waals surface area (Å²) in [7, 11) is 1.23. The van der Waals surface area contributed by atoms with E-state index in [9.17, 15) is 9.59 Å². The molecule has 0 aliphatic rings. The predicted molar refractivity (Wildman–Crippen MR) is 64.2 cm³/mol. The molecule has 1 aromatic rings. The predicted octanol–water partition coefficient (Wildman–Crippen LogP) is 0.668. The first-order chi connectivity index (χ1) is 8.10. The average Bonchev–Trinajstić information content (AvgIpc) is 2.34.